The van der Waals surface area contributed by atoms with Crippen LogP contribution in [0.25, 0.3) is 16.7 Å². The molecule has 0 fully saturated rings. The van der Waals surface area contributed by atoms with Crippen LogP contribution in [0.1, 0.15) is 24.1 Å². The van der Waals surface area contributed by atoms with Crippen molar-refractivity contribution >= 4 is 10.9 Å². The minimum absolute atomic E-state index is 0.0663. The van der Waals surface area contributed by atoms with Crippen molar-refractivity contribution in [1.29, 1.82) is 0 Å². The minimum Gasteiger partial charge on any atom is -0.328 e. The average molecular weight is 281 g/mol. The number of pyridine rings is 1. The summed E-state index contributed by atoms with van der Waals surface area (Å²) in [6.07, 6.45) is 0.755. The molecule has 1 aromatic carbocycles. The summed E-state index contributed by atoms with van der Waals surface area (Å²) in [5.41, 5.74) is 8.03. The van der Waals surface area contributed by atoms with Crippen molar-refractivity contribution in [2.75, 3.05) is 0 Å². The van der Waals surface area contributed by atoms with Crippen LogP contribution in [0.15, 0.2) is 30.3 Å². The van der Waals surface area contributed by atoms with Crippen LogP contribution in [0, 0.1) is 13.8 Å². The molecule has 2 heterocycles. The predicted octanol–water partition coefficient (Wildman–Crippen LogP) is 2.32. The second-order valence-corrected chi connectivity index (χ2v) is 5.46. The number of rotatable bonds is 3. The highest BCUT2D eigenvalue weighted by molar-refractivity contribution is 5.80. The summed E-state index contributed by atoms with van der Waals surface area (Å²) in [4.78, 5) is 9.15. The van der Waals surface area contributed by atoms with E-state index in [1.165, 1.54) is 0 Å². The molecule has 5 heteroatoms. The molecule has 0 radical (unpaired) electrons. The molecule has 0 saturated carbocycles. The Hall–Kier alpha value is -2.27. The highest BCUT2D eigenvalue weighted by atomic mass is 15.4. The first-order chi connectivity index (χ1) is 10.0. The summed E-state index contributed by atoms with van der Waals surface area (Å²) < 4.78 is 1.81. The molecule has 3 aromatic rings. The quantitative estimate of drug-likeness (QED) is 0.800. The van der Waals surface area contributed by atoms with Gasteiger partial charge in [0, 0.05) is 11.4 Å². The van der Waals surface area contributed by atoms with Crippen LogP contribution in [-0.2, 0) is 6.42 Å². The fourth-order valence-electron chi connectivity index (χ4n) is 2.55. The van der Waals surface area contributed by atoms with Crippen molar-refractivity contribution in [3.8, 4) is 5.82 Å². The molecule has 0 aliphatic rings. The zero-order valence-electron chi connectivity index (χ0n) is 12.5. The van der Waals surface area contributed by atoms with E-state index in [1.54, 1.807) is 4.68 Å². The smallest absolute Gasteiger partial charge is 0.159 e. The Labute approximate surface area is 123 Å². The second kappa shape index (κ2) is 5.26. The number of hydrogen-bond acceptors (Lipinski definition) is 4. The summed E-state index contributed by atoms with van der Waals surface area (Å²) in [6.45, 7) is 5.82. The van der Waals surface area contributed by atoms with Crippen molar-refractivity contribution in [3.05, 3.63) is 47.5 Å². The first-order valence-corrected chi connectivity index (χ1v) is 7.09. The third-order valence-corrected chi connectivity index (χ3v) is 3.40. The van der Waals surface area contributed by atoms with Gasteiger partial charge in [-0.25, -0.2) is 9.97 Å². The topological polar surface area (TPSA) is 69.6 Å². The molecular weight excluding hydrogens is 262 g/mol. The Morgan fingerprint density at radius 2 is 1.95 bits per heavy atom. The lowest BCUT2D eigenvalue weighted by Crippen LogP contribution is -2.20. The maximum atomic E-state index is 5.99. The molecule has 108 valence electrons. The van der Waals surface area contributed by atoms with Crippen LogP contribution < -0.4 is 5.73 Å². The van der Waals surface area contributed by atoms with E-state index < -0.39 is 0 Å². The van der Waals surface area contributed by atoms with E-state index in [2.05, 4.69) is 22.2 Å². The number of para-hydroxylation sites is 1. The normalized spacial score (nSPS) is 12.8. The summed E-state index contributed by atoms with van der Waals surface area (Å²) >= 11 is 0. The average Bonchev–Trinajstić information content (AvgIpc) is 2.76. The van der Waals surface area contributed by atoms with E-state index in [9.17, 15) is 0 Å². The lowest BCUT2D eigenvalue weighted by atomic mass is 10.1. The van der Waals surface area contributed by atoms with Crippen molar-refractivity contribution in [2.45, 2.75) is 33.2 Å². The van der Waals surface area contributed by atoms with Crippen LogP contribution in [0.3, 0.4) is 0 Å². The molecule has 1 unspecified atom stereocenters. The van der Waals surface area contributed by atoms with Gasteiger partial charge in [0.05, 0.1) is 5.52 Å². The number of nitrogens with zero attached hydrogens (tertiary/aromatic N) is 4. The van der Waals surface area contributed by atoms with Crippen molar-refractivity contribution in [3.63, 3.8) is 0 Å². The van der Waals surface area contributed by atoms with E-state index in [4.69, 9.17) is 10.7 Å². The van der Waals surface area contributed by atoms with Gasteiger partial charge in [0.15, 0.2) is 5.82 Å². The summed E-state index contributed by atoms with van der Waals surface area (Å²) in [7, 11) is 0. The largest absolute Gasteiger partial charge is 0.328 e. The van der Waals surface area contributed by atoms with Crippen molar-refractivity contribution in [2.24, 2.45) is 5.73 Å². The molecule has 0 amide bonds. The second-order valence-electron chi connectivity index (χ2n) is 5.46. The molecule has 2 aromatic heterocycles. The predicted molar refractivity (Wildman–Crippen MR) is 83.5 cm³/mol. The standard InChI is InChI=1S/C16H19N5/c1-10(17)8-14-9-13-6-4-5-7-15(13)19-16(14)21-12(3)18-11(2)20-21/h4-7,9-10H,8,17H2,1-3H3. The van der Waals surface area contributed by atoms with Gasteiger partial charge in [-0.1, -0.05) is 18.2 Å². The fourth-order valence-corrected chi connectivity index (χ4v) is 2.55. The first-order valence-electron chi connectivity index (χ1n) is 7.09. The van der Waals surface area contributed by atoms with E-state index in [0.29, 0.717) is 0 Å². The number of nitrogens with two attached hydrogens (primary N) is 1. The zero-order chi connectivity index (χ0) is 15.0. The Kier molecular flexibility index (Phi) is 3.43. The van der Waals surface area contributed by atoms with Gasteiger partial charge in [-0.3, -0.25) is 0 Å². The van der Waals surface area contributed by atoms with Crippen LogP contribution >= 0.6 is 0 Å². The Morgan fingerprint density at radius 3 is 2.62 bits per heavy atom. The lowest BCUT2D eigenvalue weighted by Gasteiger charge is -2.13. The molecule has 2 N–H and O–H groups in total. The highest BCUT2D eigenvalue weighted by Gasteiger charge is 2.14. The molecule has 21 heavy (non-hydrogen) atoms. The number of aromatic nitrogens is 4. The van der Waals surface area contributed by atoms with Gasteiger partial charge in [0.1, 0.15) is 11.6 Å². The van der Waals surface area contributed by atoms with Crippen molar-refractivity contribution in [1.82, 2.24) is 19.7 Å². The molecule has 1 atom stereocenters. The van der Waals surface area contributed by atoms with E-state index in [0.717, 1.165) is 40.4 Å². The van der Waals surface area contributed by atoms with Gasteiger partial charge in [0.25, 0.3) is 0 Å². The molecule has 0 aliphatic carbocycles. The summed E-state index contributed by atoms with van der Waals surface area (Å²) in [5.74, 6) is 2.40. The van der Waals surface area contributed by atoms with E-state index in [-0.39, 0.29) is 6.04 Å². The number of fused-ring (bicyclic) bond motifs is 1. The monoisotopic (exact) mass is 281 g/mol. The molecule has 0 bridgehead atoms. The third kappa shape index (κ3) is 2.64. The lowest BCUT2D eigenvalue weighted by molar-refractivity contribution is 0.716. The zero-order valence-corrected chi connectivity index (χ0v) is 12.5. The molecule has 5 nitrogen and oxygen atoms in total. The minimum atomic E-state index is 0.0663. The van der Waals surface area contributed by atoms with Crippen LogP contribution in [0.4, 0.5) is 0 Å². The van der Waals surface area contributed by atoms with Crippen LogP contribution in [0.5, 0.6) is 0 Å². The molecule has 0 saturated heterocycles. The van der Waals surface area contributed by atoms with Gasteiger partial charge < -0.3 is 5.73 Å². The highest BCUT2D eigenvalue weighted by Crippen LogP contribution is 2.21. The number of hydrogen-bond donors (Lipinski definition) is 1. The maximum Gasteiger partial charge on any atom is 0.159 e. The van der Waals surface area contributed by atoms with Gasteiger partial charge in [-0.05, 0) is 44.9 Å². The number of benzene rings is 1. The van der Waals surface area contributed by atoms with Crippen LogP contribution in [0.2, 0.25) is 0 Å². The molecular formula is C16H19N5. The van der Waals surface area contributed by atoms with Crippen LogP contribution in [-0.4, -0.2) is 25.8 Å². The fraction of sp³-hybridized carbons (Fsp3) is 0.312. The van der Waals surface area contributed by atoms with Gasteiger partial charge >= 0.3 is 0 Å². The van der Waals surface area contributed by atoms with Gasteiger partial charge in [-0.15, -0.1) is 5.10 Å². The van der Waals surface area contributed by atoms with Gasteiger partial charge in [0.2, 0.25) is 0 Å². The molecule has 0 aliphatic heterocycles. The Bertz CT molecular complexity index is 788. The molecule has 0 spiro atoms. The first kappa shape index (κ1) is 13.7. The summed E-state index contributed by atoms with van der Waals surface area (Å²) in [5, 5.41) is 5.57. The van der Waals surface area contributed by atoms with E-state index in [1.807, 2.05) is 39.0 Å². The van der Waals surface area contributed by atoms with Gasteiger partial charge in [-0.2, -0.15) is 4.68 Å². The van der Waals surface area contributed by atoms with E-state index >= 15 is 0 Å². The van der Waals surface area contributed by atoms with Crippen molar-refractivity contribution < 1.29 is 0 Å². The molecule has 3 rings (SSSR count). The Morgan fingerprint density at radius 1 is 1.19 bits per heavy atom. The maximum absolute atomic E-state index is 5.99. The number of aryl methyl sites for hydroxylation is 2. The SMILES string of the molecule is Cc1nc(C)n(-c2nc3ccccc3cc2CC(C)N)n1. The summed E-state index contributed by atoms with van der Waals surface area (Å²) in [6, 6.07) is 10.3. The Balaban J connectivity index is 2.25. The third-order valence-electron chi connectivity index (χ3n) is 3.40.